The Labute approximate surface area is 198 Å². The molecule has 0 amide bonds. The van der Waals surface area contributed by atoms with Gasteiger partial charge in [-0.05, 0) is 77.5 Å². The van der Waals surface area contributed by atoms with Crippen LogP contribution in [0.2, 0.25) is 0 Å². The molecule has 4 aliphatic carbocycles. The van der Waals surface area contributed by atoms with E-state index in [0.717, 1.165) is 56.9 Å². The molecule has 0 bridgehead atoms. The predicted molar refractivity (Wildman–Crippen MR) is 133 cm³/mol. The van der Waals surface area contributed by atoms with E-state index >= 15 is 0 Å². The van der Waals surface area contributed by atoms with Crippen molar-refractivity contribution >= 4 is 10.7 Å². The van der Waals surface area contributed by atoms with Crippen molar-refractivity contribution < 1.29 is 13.5 Å². The van der Waals surface area contributed by atoms with E-state index in [-0.39, 0.29) is 11.7 Å². The van der Waals surface area contributed by atoms with Crippen molar-refractivity contribution in [1.29, 1.82) is 0 Å². The first-order valence-corrected chi connectivity index (χ1v) is 13.9. The summed E-state index contributed by atoms with van der Waals surface area (Å²) in [7, 11) is -2.50. The zero-order chi connectivity index (χ0) is 22.6. The summed E-state index contributed by atoms with van der Waals surface area (Å²) in [6.45, 7) is 0. The fraction of sp³-hybridized carbons (Fsp3) is 0.448. The van der Waals surface area contributed by atoms with Crippen molar-refractivity contribution in [2.24, 2.45) is 0 Å². The van der Waals surface area contributed by atoms with Gasteiger partial charge in [0.15, 0.2) is 0 Å². The fourth-order valence-corrected chi connectivity index (χ4v) is 8.21. The monoisotopic (exact) mass is 460 g/mol. The van der Waals surface area contributed by atoms with Crippen LogP contribution in [0.15, 0.2) is 60.2 Å². The van der Waals surface area contributed by atoms with Gasteiger partial charge in [0.05, 0.1) is 11.4 Å². The number of hydrogen-bond acceptors (Lipinski definition) is 3. The van der Waals surface area contributed by atoms with Gasteiger partial charge in [-0.2, -0.15) is 0 Å². The fourth-order valence-electron chi connectivity index (χ4n) is 7.25. The second-order valence-corrected chi connectivity index (χ2v) is 11.5. The Hall–Kier alpha value is -2.17. The predicted octanol–water partition coefficient (Wildman–Crippen LogP) is 5.37. The quantitative estimate of drug-likeness (QED) is 0.603. The van der Waals surface area contributed by atoms with Crippen molar-refractivity contribution in [3.63, 3.8) is 0 Å². The second kappa shape index (κ2) is 7.95. The normalized spacial score (nSPS) is 27.2. The Bertz CT molecular complexity index is 1240. The van der Waals surface area contributed by atoms with E-state index in [1.165, 1.54) is 39.8 Å². The Kier molecular flexibility index (Phi) is 5.15. The lowest BCUT2D eigenvalue weighted by Crippen LogP contribution is -2.42. The molecule has 0 heterocycles. The van der Waals surface area contributed by atoms with Crippen LogP contribution in [0.3, 0.4) is 0 Å². The van der Waals surface area contributed by atoms with Crippen LogP contribution in [0.1, 0.15) is 73.1 Å². The molecule has 4 heteroatoms. The molecule has 0 spiro atoms. The third-order valence-electron chi connectivity index (χ3n) is 8.88. The van der Waals surface area contributed by atoms with Crippen LogP contribution < -0.4 is 0 Å². The first-order valence-electron chi connectivity index (χ1n) is 12.5. The average Bonchev–Trinajstić information content (AvgIpc) is 2.77. The third kappa shape index (κ3) is 3.29. The molecule has 1 N–H and O–H groups in total. The van der Waals surface area contributed by atoms with E-state index in [0.29, 0.717) is 0 Å². The number of aliphatic hydroxyl groups is 1. The summed E-state index contributed by atoms with van der Waals surface area (Å²) >= 11 is 0. The zero-order valence-electron chi connectivity index (χ0n) is 19.1. The van der Waals surface area contributed by atoms with E-state index in [9.17, 15) is 13.5 Å². The standard InChI is InChI=1S/C29H32O3S/c30-29(16-4-1-5-17-29)27-18-25-22(21-10-2-3-11-23(21)27)13-14-26-24(25)12-7-15-28(26,19-33(31)32)20-8-6-9-20/h2-3,6,8-11,13-14,27,30,33H,1,4-5,7,12,15-19H2. The molecule has 2 atom stereocenters. The molecule has 6 rings (SSSR count). The van der Waals surface area contributed by atoms with Crippen molar-refractivity contribution in [1.82, 2.24) is 0 Å². The molecule has 1 fully saturated rings. The molecule has 1 saturated carbocycles. The molecule has 0 radical (unpaired) electrons. The average molecular weight is 461 g/mol. The summed E-state index contributed by atoms with van der Waals surface area (Å²) < 4.78 is 24.1. The molecular formula is C29H32O3S. The highest BCUT2D eigenvalue weighted by Gasteiger charge is 2.45. The smallest absolute Gasteiger partial charge is 0.141 e. The first-order chi connectivity index (χ1) is 16.0. The molecule has 0 aromatic heterocycles. The molecule has 2 aromatic carbocycles. The van der Waals surface area contributed by atoms with Gasteiger partial charge in [0.1, 0.15) is 10.7 Å². The number of thiol groups is 1. The number of hydrogen-bond donors (Lipinski definition) is 2. The van der Waals surface area contributed by atoms with Crippen LogP contribution in [0.4, 0.5) is 0 Å². The molecule has 2 aromatic rings. The summed E-state index contributed by atoms with van der Waals surface area (Å²) in [6.07, 6.45) is 15.0. The van der Waals surface area contributed by atoms with E-state index in [2.05, 4.69) is 48.6 Å². The summed E-state index contributed by atoms with van der Waals surface area (Å²) in [6, 6.07) is 13.1. The van der Waals surface area contributed by atoms with Crippen LogP contribution in [-0.2, 0) is 29.0 Å². The summed E-state index contributed by atoms with van der Waals surface area (Å²) in [5.74, 6) is 0.275. The molecule has 172 valence electrons. The molecule has 33 heavy (non-hydrogen) atoms. The Morgan fingerprint density at radius 3 is 2.42 bits per heavy atom. The van der Waals surface area contributed by atoms with Crippen molar-refractivity contribution in [3.8, 4) is 11.1 Å². The van der Waals surface area contributed by atoms with Crippen LogP contribution in [0.5, 0.6) is 0 Å². The van der Waals surface area contributed by atoms with Crippen LogP contribution >= 0.6 is 0 Å². The van der Waals surface area contributed by atoms with Crippen LogP contribution in [0, 0.1) is 0 Å². The minimum atomic E-state index is -2.50. The van der Waals surface area contributed by atoms with Gasteiger partial charge >= 0.3 is 0 Å². The van der Waals surface area contributed by atoms with Gasteiger partial charge in [0.2, 0.25) is 0 Å². The van der Waals surface area contributed by atoms with Gasteiger partial charge in [0.25, 0.3) is 0 Å². The lowest BCUT2D eigenvalue weighted by molar-refractivity contribution is -0.0221. The topological polar surface area (TPSA) is 54.4 Å². The summed E-state index contributed by atoms with van der Waals surface area (Å²) in [4.78, 5) is 0. The van der Waals surface area contributed by atoms with Crippen molar-refractivity contribution in [2.75, 3.05) is 5.75 Å². The van der Waals surface area contributed by atoms with E-state index < -0.39 is 21.7 Å². The highest BCUT2D eigenvalue weighted by atomic mass is 32.2. The van der Waals surface area contributed by atoms with E-state index in [1.54, 1.807) is 0 Å². The third-order valence-corrected chi connectivity index (χ3v) is 9.68. The molecule has 3 nitrogen and oxygen atoms in total. The number of rotatable bonds is 4. The maximum atomic E-state index is 12.0. The maximum absolute atomic E-state index is 12.0. The Balaban J connectivity index is 1.54. The SMILES string of the molecule is O=[SH](=O)CC1(C2=CC=C2)CCCc2c1ccc1c2CC(C2(O)CCCCC2)c2ccccc2-1. The summed E-state index contributed by atoms with van der Waals surface area (Å²) in [5.41, 5.74) is 7.78. The van der Waals surface area contributed by atoms with E-state index in [4.69, 9.17) is 0 Å². The molecule has 4 aliphatic rings. The van der Waals surface area contributed by atoms with E-state index in [1.807, 2.05) is 6.08 Å². The van der Waals surface area contributed by atoms with Crippen LogP contribution in [0.25, 0.3) is 11.1 Å². The van der Waals surface area contributed by atoms with Crippen LogP contribution in [-0.4, -0.2) is 24.9 Å². The highest BCUT2D eigenvalue weighted by Crippen LogP contribution is 2.53. The lowest BCUT2D eigenvalue weighted by Gasteiger charge is -2.45. The van der Waals surface area contributed by atoms with Gasteiger partial charge < -0.3 is 5.11 Å². The number of benzene rings is 2. The van der Waals surface area contributed by atoms with Gasteiger partial charge in [0, 0.05) is 11.3 Å². The zero-order valence-corrected chi connectivity index (χ0v) is 19.9. The molecule has 0 aliphatic heterocycles. The molecule has 2 unspecified atom stereocenters. The van der Waals surface area contributed by atoms with Gasteiger partial charge in [-0.3, -0.25) is 0 Å². The lowest BCUT2D eigenvalue weighted by atomic mass is 9.61. The van der Waals surface area contributed by atoms with Gasteiger partial charge in [-0.1, -0.05) is 73.9 Å². The second-order valence-electron chi connectivity index (χ2n) is 10.5. The largest absolute Gasteiger partial charge is 0.389 e. The maximum Gasteiger partial charge on any atom is 0.141 e. The number of allylic oxidation sites excluding steroid dienone is 4. The summed E-state index contributed by atoms with van der Waals surface area (Å²) in [5, 5.41) is 11.8. The molecular weight excluding hydrogens is 428 g/mol. The Morgan fingerprint density at radius 1 is 0.909 bits per heavy atom. The van der Waals surface area contributed by atoms with Crippen molar-refractivity contribution in [2.45, 2.75) is 74.7 Å². The van der Waals surface area contributed by atoms with Gasteiger partial charge in [-0.25, -0.2) is 8.42 Å². The minimum Gasteiger partial charge on any atom is -0.389 e. The highest BCUT2D eigenvalue weighted by molar-refractivity contribution is 7.72. The Morgan fingerprint density at radius 2 is 1.70 bits per heavy atom. The number of fused-ring (bicyclic) bond motifs is 5. The first kappa shape index (κ1) is 21.4. The van der Waals surface area contributed by atoms with Gasteiger partial charge in [-0.15, -0.1) is 0 Å². The minimum absolute atomic E-state index is 0.100. The molecule has 0 saturated heterocycles. The van der Waals surface area contributed by atoms with Crippen molar-refractivity contribution in [3.05, 3.63) is 82.5 Å².